The molecule has 1 aliphatic heterocycles. The fourth-order valence-electron chi connectivity index (χ4n) is 3.88. The van der Waals surface area contributed by atoms with Gasteiger partial charge in [0.05, 0.1) is 0 Å². The lowest BCUT2D eigenvalue weighted by Gasteiger charge is -2.35. The number of rotatable bonds is 4. The van der Waals surface area contributed by atoms with Gasteiger partial charge in [-0.3, -0.25) is 4.79 Å². The third kappa shape index (κ3) is 4.05. The van der Waals surface area contributed by atoms with Crippen LogP contribution in [0.3, 0.4) is 0 Å². The van der Waals surface area contributed by atoms with E-state index in [-0.39, 0.29) is 5.91 Å². The second-order valence-electron chi connectivity index (χ2n) is 7.52. The van der Waals surface area contributed by atoms with Crippen molar-refractivity contribution in [1.29, 1.82) is 0 Å². The van der Waals surface area contributed by atoms with Crippen LogP contribution in [-0.4, -0.2) is 51.5 Å². The van der Waals surface area contributed by atoms with E-state index in [2.05, 4.69) is 9.88 Å². The summed E-state index contributed by atoms with van der Waals surface area (Å²) in [6.45, 7) is 2.82. The van der Waals surface area contributed by atoms with Crippen molar-refractivity contribution in [2.75, 3.05) is 31.1 Å². The van der Waals surface area contributed by atoms with Gasteiger partial charge >= 0.3 is 0 Å². The van der Waals surface area contributed by atoms with Crippen LogP contribution in [-0.2, 0) is 0 Å². The number of piperazine rings is 1. The fraction of sp³-hybridized carbons (Fsp3) is 0.160. The monoisotopic (exact) mass is 409 g/mol. The van der Waals surface area contributed by atoms with Crippen molar-refractivity contribution in [3.8, 4) is 17.1 Å². The topological polar surface area (TPSA) is 54.3 Å². The summed E-state index contributed by atoms with van der Waals surface area (Å²) in [5.41, 5.74) is 2.71. The Balaban J connectivity index is 1.27. The molecule has 31 heavy (non-hydrogen) atoms. The number of nitrogens with zero attached hydrogens (tertiary/aromatic N) is 5. The Hall–Kier alpha value is -3.93. The number of benzene rings is 2. The van der Waals surface area contributed by atoms with E-state index in [0.29, 0.717) is 18.7 Å². The minimum absolute atomic E-state index is 0.0707. The summed E-state index contributed by atoms with van der Waals surface area (Å²) in [4.78, 5) is 26.4. The molecule has 0 radical (unpaired) electrons. The molecular formula is C25H23N5O. The first kappa shape index (κ1) is 19.1. The average molecular weight is 409 g/mol. The van der Waals surface area contributed by atoms with Crippen molar-refractivity contribution >= 4 is 11.7 Å². The number of amides is 1. The summed E-state index contributed by atoms with van der Waals surface area (Å²) in [5, 5.41) is 0. The van der Waals surface area contributed by atoms with E-state index < -0.39 is 0 Å². The average Bonchev–Trinajstić information content (AvgIpc) is 3.40. The first-order valence-electron chi connectivity index (χ1n) is 10.4. The van der Waals surface area contributed by atoms with Crippen LogP contribution in [0.2, 0.25) is 0 Å². The van der Waals surface area contributed by atoms with Crippen molar-refractivity contribution in [3.05, 3.63) is 97.0 Å². The highest BCUT2D eigenvalue weighted by atomic mass is 16.2. The molecule has 0 spiro atoms. The fourth-order valence-corrected chi connectivity index (χ4v) is 3.88. The molecule has 4 aromatic rings. The van der Waals surface area contributed by atoms with Crippen molar-refractivity contribution in [2.45, 2.75) is 0 Å². The first-order chi connectivity index (χ1) is 15.3. The summed E-state index contributed by atoms with van der Waals surface area (Å²) in [5.74, 6) is 1.69. The number of hydrogen-bond donors (Lipinski definition) is 0. The first-order valence-corrected chi connectivity index (χ1v) is 10.4. The summed E-state index contributed by atoms with van der Waals surface area (Å²) in [6, 6.07) is 23.6. The zero-order valence-corrected chi connectivity index (χ0v) is 17.1. The van der Waals surface area contributed by atoms with Gasteiger partial charge in [-0.2, -0.15) is 0 Å². The Morgan fingerprint density at radius 3 is 2.35 bits per heavy atom. The molecule has 154 valence electrons. The molecule has 1 fully saturated rings. The lowest BCUT2D eigenvalue weighted by Crippen LogP contribution is -2.49. The van der Waals surface area contributed by atoms with Crippen molar-refractivity contribution in [2.24, 2.45) is 0 Å². The van der Waals surface area contributed by atoms with E-state index in [1.807, 2.05) is 94.7 Å². The molecule has 0 N–H and O–H groups in total. The van der Waals surface area contributed by atoms with Gasteiger partial charge in [-0.05, 0) is 36.4 Å². The highest BCUT2D eigenvalue weighted by Crippen LogP contribution is 2.20. The predicted molar refractivity (Wildman–Crippen MR) is 121 cm³/mol. The van der Waals surface area contributed by atoms with Crippen LogP contribution in [0.25, 0.3) is 17.1 Å². The molecule has 1 saturated heterocycles. The van der Waals surface area contributed by atoms with E-state index in [9.17, 15) is 4.79 Å². The van der Waals surface area contributed by atoms with Gasteiger partial charge in [-0.25, -0.2) is 9.97 Å². The minimum Gasteiger partial charge on any atom is -0.353 e. The zero-order valence-electron chi connectivity index (χ0n) is 17.1. The van der Waals surface area contributed by atoms with Gasteiger partial charge < -0.3 is 14.4 Å². The highest BCUT2D eigenvalue weighted by Gasteiger charge is 2.23. The van der Waals surface area contributed by atoms with E-state index in [1.165, 1.54) is 0 Å². The minimum atomic E-state index is 0.0707. The molecule has 6 heteroatoms. The van der Waals surface area contributed by atoms with Crippen molar-refractivity contribution in [3.63, 3.8) is 0 Å². The van der Waals surface area contributed by atoms with Gasteiger partial charge in [-0.1, -0.05) is 36.4 Å². The third-order valence-corrected chi connectivity index (χ3v) is 5.56. The molecule has 0 atom stereocenters. The largest absolute Gasteiger partial charge is 0.353 e. The smallest absolute Gasteiger partial charge is 0.254 e. The number of carbonyl (C=O) groups excluding carboxylic acids is 1. The van der Waals surface area contributed by atoms with E-state index in [4.69, 9.17) is 4.98 Å². The normalized spacial score (nSPS) is 13.9. The van der Waals surface area contributed by atoms with Gasteiger partial charge in [0, 0.05) is 61.6 Å². The second-order valence-corrected chi connectivity index (χ2v) is 7.52. The zero-order chi connectivity index (χ0) is 21.0. The molecule has 2 aromatic heterocycles. The van der Waals surface area contributed by atoms with Crippen LogP contribution in [0.4, 0.5) is 5.82 Å². The quantitative estimate of drug-likeness (QED) is 0.513. The molecule has 1 aliphatic rings. The highest BCUT2D eigenvalue weighted by molar-refractivity contribution is 5.95. The van der Waals surface area contributed by atoms with Crippen molar-refractivity contribution < 1.29 is 4.79 Å². The van der Waals surface area contributed by atoms with Gasteiger partial charge in [0.15, 0.2) is 5.82 Å². The number of aromatic nitrogens is 3. The maximum absolute atomic E-state index is 13.1. The van der Waals surface area contributed by atoms with Crippen LogP contribution >= 0.6 is 0 Å². The van der Waals surface area contributed by atoms with E-state index in [0.717, 1.165) is 36.0 Å². The molecule has 0 aliphatic carbocycles. The standard InChI is InChI=1S/C25H23N5O/c31-25(21-9-6-10-22(19-21)28-13-4-5-14-28)30-17-15-29(16-18-30)23-11-12-26-24(27-23)20-7-2-1-3-8-20/h1-14,19H,15-18H2. The Labute approximate surface area is 181 Å². The summed E-state index contributed by atoms with van der Waals surface area (Å²) in [6.07, 6.45) is 5.76. The van der Waals surface area contributed by atoms with Crippen LogP contribution in [0, 0.1) is 0 Å². The Morgan fingerprint density at radius 1 is 0.806 bits per heavy atom. The number of carbonyl (C=O) groups is 1. The molecule has 6 nitrogen and oxygen atoms in total. The van der Waals surface area contributed by atoms with E-state index >= 15 is 0 Å². The maximum atomic E-state index is 13.1. The molecule has 0 bridgehead atoms. The van der Waals surface area contributed by atoms with Crippen LogP contribution in [0.15, 0.2) is 91.4 Å². The lowest BCUT2D eigenvalue weighted by atomic mass is 10.1. The molecule has 2 aromatic carbocycles. The molecule has 1 amide bonds. The summed E-state index contributed by atoms with van der Waals surface area (Å²) in [7, 11) is 0. The van der Waals surface area contributed by atoms with Gasteiger partial charge in [0.2, 0.25) is 0 Å². The predicted octanol–water partition coefficient (Wildman–Crippen LogP) is 3.90. The van der Waals surface area contributed by atoms with Crippen LogP contribution < -0.4 is 4.90 Å². The molecule has 0 saturated carbocycles. The SMILES string of the molecule is O=C(c1cccc(-n2cccc2)c1)N1CCN(c2ccnc(-c3ccccc3)n2)CC1. The number of hydrogen-bond acceptors (Lipinski definition) is 4. The lowest BCUT2D eigenvalue weighted by molar-refractivity contribution is 0.0746. The van der Waals surface area contributed by atoms with Crippen LogP contribution in [0.5, 0.6) is 0 Å². The third-order valence-electron chi connectivity index (χ3n) is 5.56. The summed E-state index contributed by atoms with van der Waals surface area (Å²) < 4.78 is 2.01. The molecule has 3 heterocycles. The summed E-state index contributed by atoms with van der Waals surface area (Å²) >= 11 is 0. The maximum Gasteiger partial charge on any atom is 0.254 e. The second kappa shape index (κ2) is 8.44. The van der Waals surface area contributed by atoms with E-state index in [1.54, 1.807) is 6.20 Å². The van der Waals surface area contributed by atoms with Crippen LogP contribution in [0.1, 0.15) is 10.4 Å². The Morgan fingerprint density at radius 2 is 1.58 bits per heavy atom. The molecule has 5 rings (SSSR count). The van der Waals surface area contributed by atoms with Gasteiger partial charge in [0.25, 0.3) is 5.91 Å². The Bertz CT molecular complexity index is 1170. The Kier molecular flexibility index (Phi) is 5.19. The molecule has 0 unspecified atom stereocenters. The number of anilines is 1. The molecular weight excluding hydrogens is 386 g/mol. The van der Waals surface area contributed by atoms with Crippen molar-refractivity contribution in [1.82, 2.24) is 19.4 Å². The van der Waals surface area contributed by atoms with Gasteiger partial charge in [-0.15, -0.1) is 0 Å². The van der Waals surface area contributed by atoms with Gasteiger partial charge in [0.1, 0.15) is 5.82 Å².